The summed E-state index contributed by atoms with van der Waals surface area (Å²) < 4.78 is 10.9. The molecule has 1 fully saturated rings. The van der Waals surface area contributed by atoms with Gasteiger partial charge in [0.15, 0.2) is 5.82 Å². The van der Waals surface area contributed by atoms with E-state index in [1.807, 2.05) is 20.0 Å². The van der Waals surface area contributed by atoms with Crippen LogP contribution in [0.1, 0.15) is 31.3 Å². The number of nitrogens with one attached hydrogen (secondary N) is 1. The summed E-state index contributed by atoms with van der Waals surface area (Å²) in [6, 6.07) is 1.89. The molecule has 5 heteroatoms. The fourth-order valence-electron chi connectivity index (χ4n) is 2.04. The van der Waals surface area contributed by atoms with Gasteiger partial charge >= 0.3 is 0 Å². The Morgan fingerprint density at radius 3 is 2.94 bits per heavy atom. The molecule has 1 saturated heterocycles. The summed E-state index contributed by atoms with van der Waals surface area (Å²) in [4.78, 5) is 9.01. The Kier molecular flexibility index (Phi) is 3.59. The monoisotopic (exact) mass is 237 g/mol. The molecule has 1 atom stereocenters. The fourth-order valence-corrected chi connectivity index (χ4v) is 2.04. The molecular formula is C12H19N3O2. The van der Waals surface area contributed by atoms with Crippen molar-refractivity contribution in [1.82, 2.24) is 9.97 Å². The summed E-state index contributed by atoms with van der Waals surface area (Å²) >= 11 is 0. The molecule has 1 aliphatic rings. The van der Waals surface area contributed by atoms with E-state index in [-0.39, 0.29) is 5.60 Å². The van der Waals surface area contributed by atoms with E-state index in [0.717, 1.165) is 36.8 Å². The average Bonchev–Trinajstić information content (AvgIpc) is 2.77. The summed E-state index contributed by atoms with van der Waals surface area (Å²) in [5, 5.41) is 3.04. The number of methoxy groups -OCH3 is 1. The zero-order valence-electron chi connectivity index (χ0n) is 10.6. The molecule has 0 radical (unpaired) electrons. The molecule has 0 aromatic carbocycles. The Bertz CT molecular complexity index is 389. The average molecular weight is 237 g/mol. The summed E-state index contributed by atoms with van der Waals surface area (Å²) in [5.74, 6) is 1.55. The van der Waals surface area contributed by atoms with E-state index in [1.54, 1.807) is 7.11 Å². The quantitative estimate of drug-likeness (QED) is 0.863. The van der Waals surface area contributed by atoms with Gasteiger partial charge < -0.3 is 14.8 Å². The highest BCUT2D eigenvalue weighted by molar-refractivity contribution is 5.36. The fraction of sp³-hybridized carbons (Fsp3) is 0.667. The van der Waals surface area contributed by atoms with Gasteiger partial charge in [0.1, 0.15) is 11.4 Å². The SMILES string of the molecule is CNc1cc(COC)nc(C2(C)CCCO2)n1. The number of hydrogen-bond acceptors (Lipinski definition) is 5. The number of ether oxygens (including phenoxy) is 2. The van der Waals surface area contributed by atoms with Crippen LogP contribution in [0.2, 0.25) is 0 Å². The van der Waals surface area contributed by atoms with Gasteiger partial charge in [0.25, 0.3) is 0 Å². The number of rotatable bonds is 4. The highest BCUT2D eigenvalue weighted by Gasteiger charge is 2.35. The van der Waals surface area contributed by atoms with Crippen LogP contribution in [0, 0.1) is 0 Å². The second-order valence-electron chi connectivity index (χ2n) is 4.43. The van der Waals surface area contributed by atoms with Gasteiger partial charge in [-0.05, 0) is 19.8 Å². The van der Waals surface area contributed by atoms with Crippen LogP contribution in [0.25, 0.3) is 0 Å². The molecule has 1 unspecified atom stereocenters. The lowest BCUT2D eigenvalue weighted by atomic mass is 10.0. The van der Waals surface area contributed by atoms with E-state index in [2.05, 4.69) is 15.3 Å². The van der Waals surface area contributed by atoms with E-state index in [4.69, 9.17) is 9.47 Å². The van der Waals surface area contributed by atoms with Crippen LogP contribution in [-0.4, -0.2) is 30.7 Å². The highest BCUT2D eigenvalue weighted by Crippen LogP contribution is 2.33. The molecule has 5 nitrogen and oxygen atoms in total. The topological polar surface area (TPSA) is 56.3 Å². The van der Waals surface area contributed by atoms with Crippen molar-refractivity contribution in [1.29, 1.82) is 0 Å². The lowest BCUT2D eigenvalue weighted by Crippen LogP contribution is -2.24. The van der Waals surface area contributed by atoms with Crippen molar-refractivity contribution in [2.24, 2.45) is 0 Å². The third-order valence-corrected chi connectivity index (χ3v) is 3.02. The van der Waals surface area contributed by atoms with Crippen molar-refractivity contribution in [3.05, 3.63) is 17.6 Å². The van der Waals surface area contributed by atoms with Crippen molar-refractivity contribution in [3.63, 3.8) is 0 Å². The molecule has 0 saturated carbocycles. The summed E-state index contributed by atoms with van der Waals surface area (Å²) in [6.45, 7) is 3.31. The van der Waals surface area contributed by atoms with Crippen molar-refractivity contribution in [3.8, 4) is 0 Å². The summed E-state index contributed by atoms with van der Waals surface area (Å²) in [7, 11) is 3.51. The third kappa shape index (κ3) is 2.56. The van der Waals surface area contributed by atoms with E-state index in [9.17, 15) is 0 Å². The normalized spacial score (nSPS) is 23.9. The van der Waals surface area contributed by atoms with E-state index in [0.29, 0.717) is 6.61 Å². The molecule has 2 heterocycles. The molecule has 17 heavy (non-hydrogen) atoms. The third-order valence-electron chi connectivity index (χ3n) is 3.02. The lowest BCUT2D eigenvalue weighted by Gasteiger charge is -2.22. The van der Waals surface area contributed by atoms with Crippen molar-refractivity contribution < 1.29 is 9.47 Å². The maximum atomic E-state index is 5.77. The van der Waals surface area contributed by atoms with Gasteiger partial charge in [-0.25, -0.2) is 9.97 Å². The van der Waals surface area contributed by atoms with Gasteiger partial charge in [-0.2, -0.15) is 0 Å². The van der Waals surface area contributed by atoms with Crippen molar-refractivity contribution >= 4 is 5.82 Å². The maximum Gasteiger partial charge on any atom is 0.162 e. The zero-order chi connectivity index (χ0) is 12.3. The first kappa shape index (κ1) is 12.3. The second-order valence-corrected chi connectivity index (χ2v) is 4.43. The second kappa shape index (κ2) is 4.98. The van der Waals surface area contributed by atoms with Crippen molar-refractivity contribution in [2.75, 3.05) is 26.1 Å². The largest absolute Gasteiger partial charge is 0.378 e. The number of aromatic nitrogens is 2. The molecule has 1 aliphatic heterocycles. The van der Waals surface area contributed by atoms with Crippen LogP contribution in [0.4, 0.5) is 5.82 Å². The van der Waals surface area contributed by atoms with E-state index < -0.39 is 0 Å². The Morgan fingerprint density at radius 2 is 2.35 bits per heavy atom. The van der Waals surface area contributed by atoms with Crippen LogP contribution in [0.5, 0.6) is 0 Å². The van der Waals surface area contributed by atoms with Gasteiger partial charge in [0.05, 0.1) is 12.3 Å². The minimum absolute atomic E-state index is 0.352. The first-order valence-electron chi connectivity index (χ1n) is 5.87. The predicted molar refractivity (Wildman–Crippen MR) is 64.8 cm³/mol. The van der Waals surface area contributed by atoms with Crippen molar-refractivity contribution in [2.45, 2.75) is 32.0 Å². The van der Waals surface area contributed by atoms with Crippen LogP contribution in [-0.2, 0) is 21.7 Å². The molecule has 94 valence electrons. The standard InChI is InChI=1S/C12H19N3O2/c1-12(5-4-6-17-12)11-14-9(8-16-3)7-10(13-2)15-11/h7H,4-6,8H2,1-3H3,(H,13,14,15). The van der Waals surface area contributed by atoms with E-state index >= 15 is 0 Å². The maximum absolute atomic E-state index is 5.77. The molecule has 1 N–H and O–H groups in total. The lowest BCUT2D eigenvalue weighted by molar-refractivity contribution is 0.00899. The van der Waals surface area contributed by atoms with Crippen LogP contribution in [0.15, 0.2) is 6.07 Å². The number of nitrogens with zero attached hydrogens (tertiary/aromatic N) is 2. The molecule has 0 bridgehead atoms. The molecule has 0 spiro atoms. The van der Waals surface area contributed by atoms with Gasteiger partial charge in [-0.3, -0.25) is 0 Å². The Hall–Kier alpha value is -1.20. The predicted octanol–water partition coefficient (Wildman–Crippen LogP) is 1.69. The Labute approximate surface area is 102 Å². The first-order valence-corrected chi connectivity index (χ1v) is 5.87. The number of hydrogen-bond donors (Lipinski definition) is 1. The van der Waals surface area contributed by atoms with Gasteiger partial charge in [-0.15, -0.1) is 0 Å². The Morgan fingerprint density at radius 1 is 1.53 bits per heavy atom. The van der Waals surface area contributed by atoms with Crippen LogP contribution >= 0.6 is 0 Å². The van der Waals surface area contributed by atoms with Gasteiger partial charge in [0, 0.05) is 26.8 Å². The minimum Gasteiger partial charge on any atom is -0.378 e. The molecular weight excluding hydrogens is 218 g/mol. The molecule has 1 aromatic rings. The minimum atomic E-state index is -0.352. The summed E-state index contributed by atoms with van der Waals surface area (Å²) in [5.41, 5.74) is 0.522. The van der Waals surface area contributed by atoms with E-state index in [1.165, 1.54) is 0 Å². The molecule has 0 aliphatic carbocycles. The zero-order valence-corrected chi connectivity index (χ0v) is 10.6. The van der Waals surface area contributed by atoms with Gasteiger partial charge in [-0.1, -0.05) is 0 Å². The summed E-state index contributed by atoms with van der Waals surface area (Å²) in [6.07, 6.45) is 2.02. The first-order chi connectivity index (χ1) is 8.18. The molecule has 2 rings (SSSR count). The molecule has 0 amide bonds. The smallest absolute Gasteiger partial charge is 0.162 e. The Balaban J connectivity index is 2.35. The van der Waals surface area contributed by atoms with Crippen LogP contribution in [0.3, 0.4) is 0 Å². The molecule has 1 aromatic heterocycles. The highest BCUT2D eigenvalue weighted by atomic mass is 16.5. The van der Waals surface area contributed by atoms with Crippen LogP contribution < -0.4 is 5.32 Å². The number of anilines is 1. The van der Waals surface area contributed by atoms with Gasteiger partial charge in [0.2, 0.25) is 0 Å².